The minimum absolute atomic E-state index is 0.250. The molecule has 0 fully saturated rings. The molecule has 0 unspecified atom stereocenters. The second kappa shape index (κ2) is 9.01. The lowest BCUT2D eigenvalue weighted by molar-refractivity contribution is -0.111. The summed E-state index contributed by atoms with van der Waals surface area (Å²) in [6.45, 7) is 5.81. The summed E-state index contributed by atoms with van der Waals surface area (Å²) >= 11 is 3.54. The number of allylic oxidation sites excluding steroid dienone is 1. The van der Waals surface area contributed by atoms with Gasteiger partial charge in [-0.2, -0.15) is 0 Å². The molecule has 0 radical (unpaired) electrons. The van der Waals surface area contributed by atoms with Gasteiger partial charge in [-0.15, -0.1) is 0 Å². The topological polar surface area (TPSA) is 64.4 Å². The van der Waals surface area contributed by atoms with Gasteiger partial charge in [0.15, 0.2) is 0 Å². The predicted molar refractivity (Wildman–Crippen MR) is 132 cm³/mol. The van der Waals surface area contributed by atoms with Crippen molar-refractivity contribution in [2.45, 2.75) is 20.8 Å². The third-order valence-corrected chi connectivity index (χ3v) is 5.82. The molecule has 4 rings (SSSR count). The fourth-order valence-electron chi connectivity index (χ4n) is 3.79. The number of methoxy groups -OCH3 is 1. The molecular weight excluding hydrogens is 468 g/mol. The van der Waals surface area contributed by atoms with E-state index in [1.165, 1.54) is 0 Å². The smallest absolute Gasteiger partial charge is 0.249 e. The lowest BCUT2D eigenvalue weighted by atomic mass is 9.96. The van der Waals surface area contributed by atoms with Gasteiger partial charge in [-0.25, -0.2) is 4.98 Å². The highest BCUT2D eigenvalue weighted by Crippen LogP contribution is 2.40. The summed E-state index contributed by atoms with van der Waals surface area (Å²) < 4.78 is 12.6. The summed E-state index contributed by atoms with van der Waals surface area (Å²) in [4.78, 5) is 16.8. The zero-order valence-corrected chi connectivity index (χ0v) is 19.9. The molecule has 5 nitrogen and oxygen atoms in total. The van der Waals surface area contributed by atoms with Gasteiger partial charge < -0.3 is 14.5 Å². The van der Waals surface area contributed by atoms with Crippen LogP contribution in [0.15, 0.2) is 69.9 Å². The van der Waals surface area contributed by atoms with Crippen LogP contribution in [0.25, 0.3) is 27.7 Å². The highest BCUT2D eigenvalue weighted by atomic mass is 79.9. The van der Waals surface area contributed by atoms with Crippen LogP contribution in [0.3, 0.4) is 0 Å². The number of nitrogens with one attached hydrogen (secondary N) is 1. The van der Waals surface area contributed by atoms with Crippen molar-refractivity contribution < 1.29 is 13.9 Å². The Bertz CT molecular complexity index is 1350. The normalized spacial score (nSPS) is 11.6. The maximum absolute atomic E-state index is 12.6. The lowest BCUT2D eigenvalue weighted by Crippen LogP contribution is -2.10. The maximum Gasteiger partial charge on any atom is 0.249 e. The highest BCUT2D eigenvalue weighted by molar-refractivity contribution is 9.10. The van der Waals surface area contributed by atoms with E-state index >= 15 is 0 Å². The Hall–Kier alpha value is -3.38. The number of carbonyl (C=O) groups is 1. The molecule has 0 aliphatic heterocycles. The van der Waals surface area contributed by atoms with Gasteiger partial charge in [0.1, 0.15) is 17.2 Å². The molecule has 162 valence electrons. The first kappa shape index (κ1) is 21.8. The molecule has 6 heteroatoms. The van der Waals surface area contributed by atoms with Crippen LogP contribution in [-0.2, 0) is 4.79 Å². The Kier molecular flexibility index (Phi) is 6.15. The van der Waals surface area contributed by atoms with Gasteiger partial charge in [-0.3, -0.25) is 4.79 Å². The second-order valence-corrected chi connectivity index (χ2v) is 8.57. The van der Waals surface area contributed by atoms with E-state index in [2.05, 4.69) is 32.3 Å². The van der Waals surface area contributed by atoms with E-state index in [0.29, 0.717) is 11.6 Å². The first-order valence-electron chi connectivity index (χ1n) is 10.1. The Morgan fingerprint density at radius 1 is 1.19 bits per heavy atom. The number of halogens is 1. The molecular formula is C26H23BrN2O3. The van der Waals surface area contributed by atoms with Crippen LogP contribution in [-0.4, -0.2) is 18.0 Å². The number of anilines is 1. The molecule has 0 aliphatic carbocycles. The van der Waals surface area contributed by atoms with Crippen molar-refractivity contribution >= 4 is 44.2 Å². The highest BCUT2D eigenvalue weighted by Gasteiger charge is 2.19. The molecule has 2 aromatic carbocycles. The SMILES string of the molecule is COc1c(/C(C)=C/C(=O)Nc2cc(C)ccn2)cc2c(-c3cccc(Br)c3)coc2c1C. The monoisotopic (exact) mass is 490 g/mol. The van der Waals surface area contributed by atoms with Crippen LogP contribution in [0, 0.1) is 13.8 Å². The average molecular weight is 491 g/mol. The van der Waals surface area contributed by atoms with E-state index in [1.807, 2.05) is 57.2 Å². The molecule has 0 bridgehead atoms. The van der Waals surface area contributed by atoms with Crippen molar-refractivity contribution in [3.63, 3.8) is 0 Å². The Morgan fingerprint density at radius 2 is 2.00 bits per heavy atom. The minimum atomic E-state index is -0.250. The molecule has 2 aromatic heterocycles. The third-order valence-electron chi connectivity index (χ3n) is 5.32. The van der Waals surface area contributed by atoms with Crippen molar-refractivity contribution in [3.8, 4) is 16.9 Å². The zero-order chi connectivity index (χ0) is 22.8. The number of aryl methyl sites for hydroxylation is 2. The van der Waals surface area contributed by atoms with Crippen LogP contribution < -0.4 is 10.1 Å². The number of fused-ring (bicyclic) bond motifs is 1. The predicted octanol–water partition coefficient (Wildman–Crippen LogP) is 6.92. The number of furan rings is 1. The fraction of sp³-hybridized carbons (Fsp3) is 0.154. The molecule has 0 atom stereocenters. The van der Waals surface area contributed by atoms with Gasteiger partial charge in [0.05, 0.1) is 13.4 Å². The Labute approximate surface area is 195 Å². The van der Waals surface area contributed by atoms with Crippen LogP contribution in [0.2, 0.25) is 0 Å². The number of rotatable bonds is 5. The van der Waals surface area contributed by atoms with Gasteiger partial charge >= 0.3 is 0 Å². The summed E-state index contributed by atoms with van der Waals surface area (Å²) in [7, 11) is 1.62. The van der Waals surface area contributed by atoms with Crippen LogP contribution in [0.4, 0.5) is 5.82 Å². The van der Waals surface area contributed by atoms with Crippen molar-refractivity contribution in [1.29, 1.82) is 0 Å². The standard InChI is InChI=1S/C26H23BrN2O3/c1-15-8-9-28-23(10-15)29-24(30)11-16(2)20-13-21-22(18-6-5-7-19(27)12-18)14-32-26(21)17(3)25(20)31-4/h5-14H,1-4H3,(H,28,29,30)/b16-11+. The molecule has 0 saturated heterocycles. The number of hydrogen-bond donors (Lipinski definition) is 1. The number of amides is 1. The zero-order valence-electron chi connectivity index (χ0n) is 18.3. The van der Waals surface area contributed by atoms with Gasteiger partial charge in [0.25, 0.3) is 0 Å². The van der Waals surface area contributed by atoms with Crippen molar-refractivity contribution in [1.82, 2.24) is 4.98 Å². The molecule has 1 amide bonds. The van der Waals surface area contributed by atoms with Crippen molar-refractivity contribution in [2.75, 3.05) is 12.4 Å². The number of nitrogens with zero attached hydrogens (tertiary/aromatic N) is 1. The van der Waals surface area contributed by atoms with E-state index in [4.69, 9.17) is 9.15 Å². The van der Waals surface area contributed by atoms with Gasteiger partial charge in [0.2, 0.25) is 5.91 Å². The van der Waals surface area contributed by atoms with E-state index in [0.717, 1.165) is 48.8 Å². The molecule has 1 N–H and O–H groups in total. The summed E-state index contributed by atoms with van der Waals surface area (Å²) in [5.74, 6) is 0.951. The molecule has 0 spiro atoms. The number of benzene rings is 2. The lowest BCUT2D eigenvalue weighted by Gasteiger charge is -2.13. The maximum atomic E-state index is 12.6. The van der Waals surface area contributed by atoms with Gasteiger partial charge in [0, 0.05) is 38.8 Å². The Balaban J connectivity index is 1.77. The van der Waals surface area contributed by atoms with Gasteiger partial charge in [-0.1, -0.05) is 28.1 Å². The Morgan fingerprint density at radius 3 is 2.72 bits per heavy atom. The van der Waals surface area contributed by atoms with E-state index in [-0.39, 0.29) is 5.91 Å². The molecule has 0 saturated carbocycles. The molecule has 4 aromatic rings. The molecule has 0 aliphatic rings. The summed E-state index contributed by atoms with van der Waals surface area (Å²) in [6.07, 6.45) is 4.99. The first-order valence-corrected chi connectivity index (χ1v) is 10.9. The number of carbonyl (C=O) groups excluding carboxylic acids is 1. The van der Waals surface area contributed by atoms with Crippen molar-refractivity contribution in [2.24, 2.45) is 0 Å². The number of pyridine rings is 1. The summed E-state index contributed by atoms with van der Waals surface area (Å²) in [5.41, 5.74) is 6.31. The minimum Gasteiger partial charge on any atom is -0.496 e. The largest absolute Gasteiger partial charge is 0.496 e. The number of ether oxygens (including phenoxy) is 1. The van der Waals surface area contributed by atoms with Gasteiger partial charge in [-0.05, 0) is 67.8 Å². The fourth-order valence-corrected chi connectivity index (χ4v) is 4.19. The van der Waals surface area contributed by atoms with E-state index in [1.54, 1.807) is 25.6 Å². The first-order chi connectivity index (χ1) is 15.4. The van der Waals surface area contributed by atoms with E-state index < -0.39 is 0 Å². The third kappa shape index (κ3) is 4.32. The summed E-state index contributed by atoms with van der Waals surface area (Å²) in [6, 6.07) is 13.8. The molecule has 32 heavy (non-hydrogen) atoms. The number of aromatic nitrogens is 1. The molecule has 2 heterocycles. The average Bonchev–Trinajstić information content (AvgIpc) is 3.18. The number of hydrogen-bond acceptors (Lipinski definition) is 4. The summed E-state index contributed by atoms with van der Waals surface area (Å²) in [5, 5.41) is 3.78. The second-order valence-electron chi connectivity index (χ2n) is 7.65. The van der Waals surface area contributed by atoms with Crippen LogP contribution >= 0.6 is 15.9 Å². The van der Waals surface area contributed by atoms with E-state index in [9.17, 15) is 4.79 Å². The van der Waals surface area contributed by atoms with Crippen LogP contribution in [0.1, 0.15) is 23.6 Å². The van der Waals surface area contributed by atoms with Crippen LogP contribution in [0.5, 0.6) is 5.75 Å². The quantitative estimate of drug-likeness (QED) is 0.308. The van der Waals surface area contributed by atoms with Crippen molar-refractivity contribution in [3.05, 3.63) is 82.2 Å².